The van der Waals surface area contributed by atoms with Crippen LogP contribution >= 0.6 is 8.03 Å². The molecule has 1 N–H and O–H groups in total. The van der Waals surface area contributed by atoms with Crippen LogP contribution < -0.4 is 5.30 Å². The Morgan fingerprint density at radius 3 is 1.37 bits per heavy atom. The Hall–Kier alpha value is -3.06. The first-order valence-corrected chi connectivity index (χ1v) is 16.6. The van der Waals surface area contributed by atoms with E-state index in [1.165, 1.54) is 22.3 Å². The van der Waals surface area contributed by atoms with Crippen LogP contribution in [0.4, 0.5) is 0 Å². The first kappa shape index (κ1) is 32.8. The van der Waals surface area contributed by atoms with Gasteiger partial charge in [-0.3, -0.25) is 0 Å². The molecule has 4 aromatic carbocycles. The van der Waals surface area contributed by atoms with Gasteiger partial charge in [0.25, 0.3) is 0 Å². The molecule has 0 aromatic heterocycles. The molecule has 0 bridgehead atoms. The maximum absolute atomic E-state index is 13.1. The van der Waals surface area contributed by atoms with Crippen molar-refractivity contribution in [2.24, 2.45) is 0 Å². The van der Waals surface area contributed by atoms with Crippen molar-refractivity contribution < 1.29 is 9.46 Å². The monoisotopic (exact) mass is 593 g/mol. The van der Waals surface area contributed by atoms with E-state index in [0.717, 1.165) is 33.4 Å². The minimum Gasteiger partial charge on any atom is -0.156 e. The lowest BCUT2D eigenvalue weighted by atomic mass is 9.74. The molecule has 0 fully saturated rings. The average Bonchev–Trinajstić information content (AvgIpc) is 2.90. The number of benzene rings is 4. The van der Waals surface area contributed by atoms with Crippen molar-refractivity contribution in [3.8, 4) is 33.4 Å². The number of hydrogen-bond donors (Lipinski definition) is 1. The molecule has 0 aliphatic rings. The predicted molar refractivity (Wildman–Crippen MR) is 187 cm³/mol. The average molecular weight is 594 g/mol. The molecule has 4 rings (SSSR count). The molecule has 4 aromatic rings. The molecule has 0 aliphatic carbocycles. The second-order valence-electron chi connectivity index (χ2n) is 16.0. The minimum atomic E-state index is -2.61. The molecule has 1 unspecified atom stereocenters. The molecule has 43 heavy (non-hydrogen) atoms. The summed E-state index contributed by atoms with van der Waals surface area (Å²) >= 11 is 0. The van der Waals surface area contributed by atoms with Gasteiger partial charge in [-0.2, -0.15) is 4.89 Å². The van der Waals surface area contributed by atoms with E-state index < -0.39 is 8.03 Å². The van der Waals surface area contributed by atoms with Crippen LogP contribution in [0.1, 0.15) is 105 Å². The van der Waals surface area contributed by atoms with Crippen LogP contribution in [0.2, 0.25) is 0 Å². The summed E-state index contributed by atoms with van der Waals surface area (Å²) in [5.74, 6) is 0. The third-order valence-corrected chi connectivity index (χ3v) is 9.18. The second kappa shape index (κ2) is 11.5. The molecule has 0 saturated carbocycles. The summed E-state index contributed by atoms with van der Waals surface area (Å²) < 4.78 is 13.1. The first-order chi connectivity index (χ1) is 19.7. The highest BCUT2D eigenvalue weighted by Crippen LogP contribution is 2.47. The summed E-state index contributed by atoms with van der Waals surface area (Å²) in [5, 5.41) is 0.468. The van der Waals surface area contributed by atoms with E-state index in [4.69, 9.17) is 0 Å². The van der Waals surface area contributed by atoms with Gasteiger partial charge in [-0.15, -0.1) is 0 Å². The molecule has 0 heterocycles. The molecule has 0 radical (unpaired) electrons. The SMILES string of the molecule is CC(C)(C)c1ccc(-c2ccc([P+](=O)O)c(-c3ccc(C(C)(C)C)cc3C(C)(C)C)c2-c2ccccc2)c(C(C)(C)C)c1. The summed E-state index contributed by atoms with van der Waals surface area (Å²) in [5.41, 5.74) is 10.8. The molecule has 226 valence electrons. The Labute approximate surface area is 261 Å². The van der Waals surface area contributed by atoms with Crippen LogP contribution in [-0.2, 0) is 26.2 Å². The maximum atomic E-state index is 13.1. The molecule has 3 heteroatoms. The molecular weight excluding hydrogens is 543 g/mol. The summed E-state index contributed by atoms with van der Waals surface area (Å²) in [7, 11) is -2.61. The lowest BCUT2D eigenvalue weighted by molar-refractivity contribution is 0.513. The third-order valence-electron chi connectivity index (χ3n) is 8.40. The lowest BCUT2D eigenvalue weighted by Crippen LogP contribution is -2.19. The van der Waals surface area contributed by atoms with Crippen molar-refractivity contribution in [2.45, 2.75) is 105 Å². The zero-order valence-corrected chi connectivity index (χ0v) is 29.2. The Morgan fingerprint density at radius 2 is 0.930 bits per heavy atom. The standard InChI is InChI=1S/C40H49O2P/c1-37(2,3)27-18-20-29(32(24-27)39(7,8)9)30-22-23-34(43(41)42)36(35(30)26-16-14-13-15-17-26)31-21-19-28(38(4,5)6)25-33(31)40(10,11)12/h13-25H,1-12H3/p+1. The summed E-state index contributed by atoms with van der Waals surface area (Å²) in [4.78, 5) is 10.8. The van der Waals surface area contributed by atoms with Crippen LogP contribution in [0.3, 0.4) is 0 Å². The van der Waals surface area contributed by atoms with Crippen molar-refractivity contribution in [1.82, 2.24) is 0 Å². The fraction of sp³-hybridized carbons (Fsp3) is 0.400. The molecule has 0 saturated heterocycles. The van der Waals surface area contributed by atoms with Crippen molar-refractivity contribution >= 4 is 13.3 Å². The first-order valence-electron chi connectivity index (χ1n) is 15.4. The van der Waals surface area contributed by atoms with Gasteiger partial charge in [0.2, 0.25) is 5.30 Å². The molecule has 0 amide bonds. The van der Waals surface area contributed by atoms with E-state index in [1.54, 1.807) is 0 Å². The van der Waals surface area contributed by atoms with Crippen LogP contribution in [0.25, 0.3) is 33.4 Å². The van der Waals surface area contributed by atoms with Crippen LogP contribution in [0, 0.1) is 0 Å². The van der Waals surface area contributed by atoms with Gasteiger partial charge < -0.3 is 0 Å². The quantitative estimate of drug-likeness (QED) is 0.239. The van der Waals surface area contributed by atoms with Gasteiger partial charge in [-0.25, -0.2) is 0 Å². The fourth-order valence-electron chi connectivity index (χ4n) is 5.87. The highest BCUT2D eigenvalue weighted by Gasteiger charge is 2.33. The zero-order chi connectivity index (χ0) is 32.1. The molecule has 2 nitrogen and oxygen atoms in total. The maximum Gasteiger partial charge on any atom is 0.546 e. The zero-order valence-electron chi connectivity index (χ0n) is 28.3. The van der Waals surface area contributed by atoms with E-state index in [-0.39, 0.29) is 21.7 Å². The number of rotatable bonds is 4. The number of hydrogen-bond acceptors (Lipinski definition) is 1. The predicted octanol–water partition coefficient (Wildman–Crippen LogP) is 11.2. The van der Waals surface area contributed by atoms with Gasteiger partial charge in [0, 0.05) is 11.1 Å². The van der Waals surface area contributed by atoms with Crippen molar-refractivity contribution in [3.63, 3.8) is 0 Å². The van der Waals surface area contributed by atoms with Gasteiger partial charge in [-0.05, 0) is 82.9 Å². The van der Waals surface area contributed by atoms with E-state index in [1.807, 2.05) is 12.1 Å². The van der Waals surface area contributed by atoms with Crippen molar-refractivity contribution in [2.75, 3.05) is 0 Å². The third kappa shape index (κ3) is 6.87. The molecule has 0 spiro atoms. The largest absolute Gasteiger partial charge is 0.546 e. The van der Waals surface area contributed by atoms with E-state index >= 15 is 0 Å². The highest BCUT2D eigenvalue weighted by atomic mass is 31.1. The van der Waals surface area contributed by atoms with Crippen LogP contribution in [0.5, 0.6) is 0 Å². The fourth-order valence-corrected chi connectivity index (χ4v) is 6.49. The smallest absolute Gasteiger partial charge is 0.156 e. The topological polar surface area (TPSA) is 37.3 Å². The van der Waals surface area contributed by atoms with E-state index in [2.05, 4.69) is 150 Å². The summed E-state index contributed by atoms with van der Waals surface area (Å²) in [6, 6.07) is 27.9. The summed E-state index contributed by atoms with van der Waals surface area (Å²) in [6.45, 7) is 26.9. The lowest BCUT2D eigenvalue weighted by Gasteiger charge is -2.30. The minimum absolute atomic E-state index is 0.0154. The van der Waals surface area contributed by atoms with Crippen molar-refractivity contribution in [1.29, 1.82) is 0 Å². The molecule has 1 atom stereocenters. The summed E-state index contributed by atoms with van der Waals surface area (Å²) in [6.07, 6.45) is 0. The van der Waals surface area contributed by atoms with Gasteiger partial charge in [0.1, 0.15) is 0 Å². The Balaban J connectivity index is 2.24. The van der Waals surface area contributed by atoms with Gasteiger partial charge in [0.05, 0.1) is 0 Å². The van der Waals surface area contributed by atoms with Crippen LogP contribution in [0.15, 0.2) is 78.9 Å². The second-order valence-corrected chi connectivity index (χ2v) is 17.1. The normalized spacial score (nSPS) is 13.3. The molecule has 0 aliphatic heterocycles. The van der Waals surface area contributed by atoms with Crippen molar-refractivity contribution in [3.05, 3.63) is 101 Å². The highest BCUT2D eigenvalue weighted by molar-refractivity contribution is 7.47. The molecular formula is C40H50O2P+. The van der Waals surface area contributed by atoms with Gasteiger partial charge >= 0.3 is 8.03 Å². The van der Waals surface area contributed by atoms with Gasteiger partial charge in [-0.1, -0.05) is 150 Å². The Bertz CT molecular complexity index is 1650. The van der Waals surface area contributed by atoms with Crippen LogP contribution in [-0.4, -0.2) is 4.89 Å². The Kier molecular flexibility index (Phi) is 8.75. The van der Waals surface area contributed by atoms with E-state index in [9.17, 15) is 9.46 Å². The van der Waals surface area contributed by atoms with E-state index in [0.29, 0.717) is 5.30 Å². The van der Waals surface area contributed by atoms with Gasteiger partial charge in [0.15, 0.2) is 0 Å². The Morgan fingerprint density at radius 1 is 0.488 bits per heavy atom.